The molecule has 0 aliphatic carbocycles. The standard InChI is InChI=1S/C14H20N2O4/c1-10-7-12(15-20-10)8-13(17)16-6-2-3-11(9-16)4-5-14(18)19/h7,11H,2-6,8-9H2,1H3,(H,18,19)/t11-/m1/s1. The van der Waals surface area contributed by atoms with Gasteiger partial charge >= 0.3 is 5.97 Å². The van der Waals surface area contributed by atoms with Crippen molar-refractivity contribution in [1.82, 2.24) is 10.1 Å². The second-order valence-electron chi connectivity index (χ2n) is 5.39. The molecule has 1 amide bonds. The van der Waals surface area contributed by atoms with Gasteiger partial charge in [-0.2, -0.15) is 0 Å². The number of nitrogens with zero attached hydrogens (tertiary/aromatic N) is 2. The van der Waals surface area contributed by atoms with Crippen LogP contribution in [-0.2, 0) is 16.0 Å². The van der Waals surface area contributed by atoms with E-state index in [-0.39, 0.29) is 18.7 Å². The van der Waals surface area contributed by atoms with Crippen molar-refractivity contribution in [3.63, 3.8) is 0 Å². The quantitative estimate of drug-likeness (QED) is 0.886. The summed E-state index contributed by atoms with van der Waals surface area (Å²) in [5.41, 5.74) is 0.653. The number of carboxylic acids is 1. The van der Waals surface area contributed by atoms with Gasteiger partial charge in [0.15, 0.2) is 0 Å². The summed E-state index contributed by atoms with van der Waals surface area (Å²) in [5.74, 6) is 0.262. The molecule has 6 heteroatoms. The number of aryl methyl sites for hydroxylation is 1. The third kappa shape index (κ3) is 4.08. The molecule has 1 N–H and O–H groups in total. The first-order chi connectivity index (χ1) is 9.54. The van der Waals surface area contributed by atoms with Crippen molar-refractivity contribution in [2.45, 2.75) is 39.0 Å². The van der Waals surface area contributed by atoms with E-state index < -0.39 is 5.97 Å². The first kappa shape index (κ1) is 14.6. The molecular weight excluding hydrogens is 260 g/mol. The van der Waals surface area contributed by atoms with Gasteiger partial charge in [0.25, 0.3) is 0 Å². The van der Waals surface area contributed by atoms with Crippen LogP contribution in [0.5, 0.6) is 0 Å². The minimum absolute atomic E-state index is 0.0401. The van der Waals surface area contributed by atoms with Crippen LogP contribution in [0.1, 0.15) is 37.1 Å². The monoisotopic (exact) mass is 280 g/mol. The largest absolute Gasteiger partial charge is 0.481 e. The third-order valence-corrected chi connectivity index (χ3v) is 3.65. The lowest BCUT2D eigenvalue weighted by Crippen LogP contribution is -2.40. The fraction of sp³-hybridized carbons (Fsp3) is 0.643. The molecule has 0 bridgehead atoms. The van der Waals surface area contributed by atoms with Gasteiger partial charge in [0.1, 0.15) is 5.76 Å². The maximum atomic E-state index is 12.2. The van der Waals surface area contributed by atoms with E-state index in [1.54, 1.807) is 13.0 Å². The second kappa shape index (κ2) is 6.54. The molecule has 20 heavy (non-hydrogen) atoms. The Bertz CT molecular complexity index is 483. The number of rotatable bonds is 5. The Morgan fingerprint density at radius 3 is 3.00 bits per heavy atom. The zero-order valence-electron chi connectivity index (χ0n) is 11.7. The predicted molar refractivity (Wildman–Crippen MR) is 71.1 cm³/mol. The van der Waals surface area contributed by atoms with Crippen LogP contribution in [0.2, 0.25) is 0 Å². The number of piperidine rings is 1. The summed E-state index contributed by atoms with van der Waals surface area (Å²) in [7, 11) is 0. The van der Waals surface area contributed by atoms with Gasteiger partial charge in [0.2, 0.25) is 5.91 Å². The highest BCUT2D eigenvalue weighted by molar-refractivity contribution is 5.78. The average Bonchev–Trinajstić information content (AvgIpc) is 2.82. The molecule has 0 saturated carbocycles. The van der Waals surface area contributed by atoms with Crippen molar-refractivity contribution in [2.75, 3.05) is 13.1 Å². The zero-order valence-corrected chi connectivity index (χ0v) is 11.7. The smallest absolute Gasteiger partial charge is 0.303 e. The topological polar surface area (TPSA) is 83.6 Å². The molecule has 2 rings (SSSR count). The number of likely N-dealkylation sites (tertiary alicyclic amines) is 1. The van der Waals surface area contributed by atoms with Crippen LogP contribution in [0.25, 0.3) is 0 Å². The third-order valence-electron chi connectivity index (χ3n) is 3.65. The van der Waals surface area contributed by atoms with E-state index in [0.717, 1.165) is 19.4 Å². The second-order valence-corrected chi connectivity index (χ2v) is 5.39. The SMILES string of the molecule is Cc1cc(CC(=O)N2CCC[C@H](CCC(=O)O)C2)no1. The number of carbonyl (C=O) groups is 2. The molecule has 1 fully saturated rings. The van der Waals surface area contributed by atoms with E-state index in [0.29, 0.717) is 30.3 Å². The van der Waals surface area contributed by atoms with Crippen LogP contribution in [0.3, 0.4) is 0 Å². The van der Waals surface area contributed by atoms with E-state index in [1.165, 1.54) is 0 Å². The fourth-order valence-electron chi connectivity index (χ4n) is 2.62. The Hall–Kier alpha value is -1.85. The summed E-state index contributed by atoms with van der Waals surface area (Å²) in [6.45, 7) is 3.20. The number of aliphatic carboxylic acids is 1. The van der Waals surface area contributed by atoms with E-state index in [1.807, 2.05) is 4.90 Å². The lowest BCUT2D eigenvalue weighted by molar-refractivity contribution is -0.137. The van der Waals surface area contributed by atoms with Gasteiger partial charge in [-0.1, -0.05) is 5.16 Å². The van der Waals surface area contributed by atoms with Crippen LogP contribution in [-0.4, -0.2) is 40.1 Å². The van der Waals surface area contributed by atoms with Gasteiger partial charge in [0, 0.05) is 25.6 Å². The van der Waals surface area contributed by atoms with E-state index in [2.05, 4.69) is 5.16 Å². The number of carboxylic acid groups (broad SMARTS) is 1. The zero-order chi connectivity index (χ0) is 14.5. The highest BCUT2D eigenvalue weighted by Gasteiger charge is 2.24. The molecule has 110 valence electrons. The van der Waals surface area contributed by atoms with E-state index >= 15 is 0 Å². The number of carbonyl (C=O) groups excluding carboxylic acids is 1. The summed E-state index contributed by atoms with van der Waals surface area (Å²) in [6.07, 6.45) is 3.01. The van der Waals surface area contributed by atoms with Crippen molar-refractivity contribution in [1.29, 1.82) is 0 Å². The molecule has 1 aliphatic heterocycles. The summed E-state index contributed by atoms with van der Waals surface area (Å²) >= 11 is 0. The van der Waals surface area contributed by atoms with Gasteiger partial charge in [-0.15, -0.1) is 0 Å². The maximum Gasteiger partial charge on any atom is 0.303 e. The van der Waals surface area contributed by atoms with Crippen LogP contribution in [0.4, 0.5) is 0 Å². The van der Waals surface area contributed by atoms with Crippen LogP contribution < -0.4 is 0 Å². The van der Waals surface area contributed by atoms with Gasteiger partial charge in [-0.25, -0.2) is 0 Å². The van der Waals surface area contributed by atoms with Crippen molar-refractivity contribution in [3.8, 4) is 0 Å². The molecule has 0 unspecified atom stereocenters. The molecule has 0 aromatic carbocycles. The summed E-state index contributed by atoms with van der Waals surface area (Å²) in [5, 5.41) is 12.5. The van der Waals surface area contributed by atoms with Crippen molar-refractivity contribution >= 4 is 11.9 Å². The molecule has 0 radical (unpaired) electrons. The molecule has 0 spiro atoms. The first-order valence-corrected chi connectivity index (χ1v) is 6.96. The normalized spacial score (nSPS) is 19.1. The molecule has 6 nitrogen and oxygen atoms in total. The minimum Gasteiger partial charge on any atom is -0.481 e. The minimum atomic E-state index is -0.772. The summed E-state index contributed by atoms with van der Waals surface area (Å²) in [6, 6.07) is 1.77. The van der Waals surface area contributed by atoms with Crippen molar-refractivity contribution < 1.29 is 19.2 Å². The van der Waals surface area contributed by atoms with Crippen molar-refractivity contribution in [3.05, 3.63) is 17.5 Å². The predicted octanol–water partition coefficient (Wildman–Crippen LogP) is 1.63. The highest BCUT2D eigenvalue weighted by Crippen LogP contribution is 2.21. The molecule has 1 aromatic rings. The van der Waals surface area contributed by atoms with Crippen LogP contribution in [0, 0.1) is 12.8 Å². The van der Waals surface area contributed by atoms with E-state index in [9.17, 15) is 9.59 Å². The molecule has 1 aliphatic rings. The molecule has 1 atom stereocenters. The van der Waals surface area contributed by atoms with Gasteiger partial charge < -0.3 is 14.5 Å². The molecule has 1 aromatic heterocycles. The summed E-state index contributed by atoms with van der Waals surface area (Å²) in [4.78, 5) is 24.6. The highest BCUT2D eigenvalue weighted by atomic mass is 16.5. The average molecular weight is 280 g/mol. The van der Waals surface area contributed by atoms with Gasteiger partial charge in [0.05, 0.1) is 12.1 Å². The number of aromatic nitrogens is 1. The molecular formula is C14H20N2O4. The Morgan fingerprint density at radius 1 is 1.55 bits per heavy atom. The Balaban J connectivity index is 1.84. The number of amides is 1. The fourth-order valence-corrected chi connectivity index (χ4v) is 2.62. The van der Waals surface area contributed by atoms with Gasteiger partial charge in [-0.05, 0) is 32.1 Å². The number of hydrogen-bond donors (Lipinski definition) is 1. The van der Waals surface area contributed by atoms with Crippen molar-refractivity contribution in [2.24, 2.45) is 5.92 Å². The molecule has 2 heterocycles. The Morgan fingerprint density at radius 2 is 2.35 bits per heavy atom. The van der Waals surface area contributed by atoms with Gasteiger partial charge in [-0.3, -0.25) is 9.59 Å². The molecule has 1 saturated heterocycles. The first-order valence-electron chi connectivity index (χ1n) is 6.96. The number of hydrogen-bond acceptors (Lipinski definition) is 4. The maximum absolute atomic E-state index is 12.2. The lowest BCUT2D eigenvalue weighted by Gasteiger charge is -2.32. The lowest BCUT2D eigenvalue weighted by atomic mass is 9.93. The summed E-state index contributed by atoms with van der Waals surface area (Å²) < 4.78 is 4.95. The van der Waals surface area contributed by atoms with Crippen LogP contribution >= 0.6 is 0 Å². The Kier molecular flexibility index (Phi) is 4.76. The van der Waals surface area contributed by atoms with Crippen LogP contribution in [0.15, 0.2) is 10.6 Å². The Labute approximate surface area is 117 Å². The van der Waals surface area contributed by atoms with E-state index in [4.69, 9.17) is 9.63 Å².